The summed E-state index contributed by atoms with van der Waals surface area (Å²) < 4.78 is 16.9. The molecular formula is C20H32N2O3. The highest BCUT2D eigenvalue weighted by Crippen LogP contribution is 2.32. The molecule has 2 saturated heterocycles. The Morgan fingerprint density at radius 3 is 2.36 bits per heavy atom. The van der Waals surface area contributed by atoms with Crippen molar-refractivity contribution >= 4 is 5.69 Å². The Kier molecular flexibility index (Phi) is 6.96. The van der Waals surface area contributed by atoms with Crippen LogP contribution in [0.15, 0.2) is 18.2 Å². The Labute approximate surface area is 151 Å². The Morgan fingerprint density at radius 1 is 1.00 bits per heavy atom. The number of morpholine rings is 2. The van der Waals surface area contributed by atoms with E-state index in [-0.39, 0.29) is 0 Å². The lowest BCUT2D eigenvalue weighted by Gasteiger charge is -2.32. The molecule has 2 heterocycles. The summed E-state index contributed by atoms with van der Waals surface area (Å²) in [5, 5.41) is 0. The van der Waals surface area contributed by atoms with Gasteiger partial charge < -0.3 is 19.1 Å². The van der Waals surface area contributed by atoms with Crippen molar-refractivity contribution in [1.82, 2.24) is 4.90 Å². The fourth-order valence-electron chi connectivity index (χ4n) is 3.48. The van der Waals surface area contributed by atoms with E-state index >= 15 is 0 Å². The van der Waals surface area contributed by atoms with Crippen molar-refractivity contribution in [2.45, 2.75) is 26.2 Å². The van der Waals surface area contributed by atoms with Crippen LogP contribution in [-0.4, -0.2) is 70.7 Å². The van der Waals surface area contributed by atoms with Gasteiger partial charge in [-0.25, -0.2) is 0 Å². The Hall–Kier alpha value is -1.30. The van der Waals surface area contributed by atoms with Crippen LogP contribution in [0.1, 0.15) is 31.7 Å². The van der Waals surface area contributed by atoms with Crippen molar-refractivity contribution in [3.05, 3.63) is 23.8 Å². The molecule has 0 amide bonds. The van der Waals surface area contributed by atoms with Crippen LogP contribution >= 0.6 is 0 Å². The maximum Gasteiger partial charge on any atom is 0.121 e. The summed E-state index contributed by atoms with van der Waals surface area (Å²) in [7, 11) is 0. The van der Waals surface area contributed by atoms with Crippen molar-refractivity contribution < 1.29 is 14.2 Å². The average molecular weight is 348 g/mol. The summed E-state index contributed by atoms with van der Waals surface area (Å²) >= 11 is 0. The lowest BCUT2D eigenvalue weighted by molar-refractivity contribution is 0.0358. The van der Waals surface area contributed by atoms with Crippen LogP contribution in [-0.2, 0) is 9.47 Å². The first-order chi connectivity index (χ1) is 12.2. The number of anilines is 1. The first-order valence-corrected chi connectivity index (χ1v) is 9.63. The Balaban J connectivity index is 1.55. The molecule has 0 aromatic heterocycles. The minimum atomic E-state index is 0.508. The number of ether oxygens (including phenoxy) is 3. The normalized spacial score (nSPS) is 19.4. The Bertz CT molecular complexity index is 524. The topological polar surface area (TPSA) is 34.2 Å². The standard InChI is InChI=1S/C20H32N2O3/c1-17(2)19-5-4-18(16-20(19)22-9-14-24-15-10-22)25-11-3-6-21-7-12-23-13-8-21/h4-5,16-17H,3,6-15H2,1-2H3. The minimum Gasteiger partial charge on any atom is -0.493 e. The van der Waals surface area contributed by atoms with Gasteiger partial charge in [-0.3, -0.25) is 4.90 Å². The summed E-state index contributed by atoms with van der Waals surface area (Å²) in [6.45, 7) is 13.7. The van der Waals surface area contributed by atoms with Gasteiger partial charge >= 0.3 is 0 Å². The zero-order valence-electron chi connectivity index (χ0n) is 15.7. The molecule has 25 heavy (non-hydrogen) atoms. The van der Waals surface area contributed by atoms with Crippen molar-refractivity contribution in [1.29, 1.82) is 0 Å². The van der Waals surface area contributed by atoms with E-state index in [1.165, 1.54) is 11.3 Å². The first-order valence-electron chi connectivity index (χ1n) is 9.63. The van der Waals surface area contributed by atoms with Gasteiger partial charge in [0.15, 0.2) is 0 Å². The first kappa shape index (κ1) is 18.5. The molecule has 5 nitrogen and oxygen atoms in total. The van der Waals surface area contributed by atoms with Crippen molar-refractivity contribution in [2.75, 3.05) is 70.7 Å². The Morgan fingerprint density at radius 2 is 1.68 bits per heavy atom. The minimum absolute atomic E-state index is 0.508. The quantitative estimate of drug-likeness (QED) is 0.708. The van der Waals surface area contributed by atoms with Crippen LogP contribution in [0.25, 0.3) is 0 Å². The predicted molar refractivity (Wildman–Crippen MR) is 101 cm³/mol. The summed E-state index contributed by atoms with van der Waals surface area (Å²) in [4.78, 5) is 4.88. The third-order valence-corrected chi connectivity index (χ3v) is 4.97. The molecule has 0 radical (unpaired) electrons. The van der Waals surface area contributed by atoms with E-state index in [1.807, 2.05) is 0 Å². The van der Waals surface area contributed by atoms with E-state index in [4.69, 9.17) is 14.2 Å². The van der Waals surface area contributed by atoms with E-state index in [9.17, 15) is 0 Å². The van der Waals surface area contributed by atoms with Gasteiger partial charge in [-0.2, -0.15) is 0 Å². The molecule has 2 aliphatic heterocycles. The molecule has 0 atom stereocenters. The summed E-state index contributed by atoms with van der Waals surface area (Å²) in [5.41, 5.74) is 2.70. The van der Waals surface area contributed by atoms with E-state index in [0.717, 1.165) is 77.9 Å². The molecule has 2 fully saturated rings. The smallest absolute Gasteiger partial charge is 0.121 e. The van der Waals surface area contributed by atoms with Crippen LogP contribution in [0.3, 0.4) is 0 Å². The molecule has 140 valence electrons. The van der Waals surface area contributed by atoms with Gasteiger partial charge in [-0.05, 0) is 24.0 Å². The van der Waals surface area contributed by atoms with Crippen molar-refractivity contribution in [3.63, 3.8) is 0 Å². The maximum atomic E-state index is 6.05. The van der Waals surface area contributed by atoms with Gasteiger partial charge in [0.25, 0.3) is 0 Å². The maximum absolute atomic E-state index is 6.05. The average Bonchev–Trinajstić information content (AvgIpc) is 2.66. The molecule has 0 spiro atoms. The highest BCUT2D eigenvalue weighted by Gasteiger charge is 2.17. The highest BCUT2D eigenvalue weighted by atomic mass is 16.5. The van der Waals surface area contributed by atoms with Crippen LogP contribution in [0.5, 0.6) is 5.75 Å². The number of hydrogen-bond acceptors (Lipinski definition) is 5. The summed E-state index contributed by atoms with van der Waals surface area (Å²) in [6.07, 6.45) is 1.05. The van der Waals surface area contributed by atoms with E-state index in [1.54, 1.807) is 0 Å². The monoisotopic (exact) mass is 348 g/mol. The predicted octanol–water partition coefficient (Wildman–Crippen LogP) is 2.75. The lowest BCUT2D eigenvalue weighted by atomic mass is 10.00. The van der Waals surface area contributed by atoms with Gasteiger partial charge in [0.05, 0.1) is 33.0 Å². The van der Waals surface area contributed by atoms with E-state index < -0.39 is 0 Å². The van der Waals surface area contributed by atoms with Crippen molar-refractivity contribution in [2.24, 2.45) is 0 Å². The van der Waals surface area contributed by atoms with Crippen LogP contribution in [0, 0.1) is 0 Å². The zero-order chi connectivity index (χ0) is 17.5. The molecule has 3 rings (SSSR count). The molecule has 0 N–H and O–H groups in total. The number of benzene rings is 1. The van der Waals surface area contributed by atoms with Gasteiger partial charge in [-0.15, -0.1) is 0 Å². The lowest BCUT2D eigenvalue weighted by Crippen LogP contribution is -2.37. The molecule has 0 aliphatic carbocycles. The number of hydrogen-bond donors (Lipinski definition) is 0. The van der Waals surface area contributed by atoms with E-state index in [2.05, 4.69) is 41.8 Å². The molecular weight excluding hydrogens is 316 g/mol. The molecule has 1 aromatic carbocycles. The van der Waals surface area contributed by atoms with Crippen LogP contribution in [0.2, 0.25) is 0 Å². The van der Waals surface area contributed by atoms with Gasteiger partial charge in [0.1, 0.15) is 5.75 Å². The number of rotatable bonds is 7. The molecule has 5 heteroatoms. The molecule has 0 unspecified atom stereocenters. The molecule has 1 aromatic rings. The molecule has 0 bridgehead atoms. The SMILES string of the molecule is CC(C)c1ccc(OCCCN2CCOCC2)cc1N1CCOCC1. The largest absolute Gasteiger partial charge is 0.493 e. The summed E-state index contributed by atoms with van der Waals surface area (Å²) in [6, 6.07) is 6.57. The molecule has 2 aliphatic rings. The second kappa shape index (κ2) is 9.41. The number of nitrogens with zero attached hydrogens (tertiary/aromatic N) is 2. The summed E-state index contributed by atoms with van der Waals surface area (Å²) in [5.74, 6) is 1.49. The molecule has 0 saturated carbocycles. The van der Waals surface area contributed by atoms with Crippen LogP contribution in [0.4, 0.5) is 5.69 Å². The second-order valence-corrected chi connectivity index (χ2v) is 7.13. The van der Waals surface area contributed by atoms with Crippen LogP contribution < -0.4 is 9.64 Å². The third-order valence-electron chi connectivity index (χ3n) is 4.97. The van der Waals surface area contributed by atoms with Gasteiger partial charge in [-0.1, -0.05) is 19.9 Å². The highest BCUT2D eigenvalue weighted by molar-refractivity contribution is 5.58. The fourth-order valence-corrected chi connectivity index (χ4v) is 3.48. The van der Waals surface area contributed by atoms with E-state index in [0.29, 0.717) is 5.92 Å². The zero-order valence-corrected chi connectivity index (χ0v) is 15.7. The van der Waals surface area contributed by atoms with Crippen molar-refractivity contribution in [3.8, 4) is 5.75 Å². The third kappa shape index (κ3) is 5.33. The fraction of sp³-hybridized carbons (Fsp3) is 0.700. The van der Waals surface area contributed by atoms with Gasteiger partial charge in [0.2, 0.25) is 0 Å². The van der Waals surface area contributed by atoms with Gasteiger partial charge in [0, 0.05) is 44.5 Å². The second-order valence-electron chi connectivity index (χ2n) is 7.13.